The molecule has 1 aromatic rings. The molecule has 0 fully saturated rings. The van der Waals surface area contributed by atoms with Gasteiger partial charge in [-0.05, 0) is 32.0 Å². The van der Waals surface area contributed by atoms with Gasteiger partial charge in [-0.15, -0.1) is 0 Å². The van der Waals surface area contributed by atoms with Crippen LogP contribution in [0.1, 0.15) is 19.4 Å². The normalized spacial score (nSPS) is 12.3. The minimum Gasteiger partial charge on any atom is -0.508 e. The fraction of sp³-hybridized carbons (Fsp3) is 0.364. The molecule has 4 nitrogen and oxygen atoms in total. The highest BCUT2D eigenvalue weighted by molar-refractivity contribution is 5.76. The van der Waals surface area contributed by atoms with Crippen LogP contribution in [-0.4, -0.2) is 21.8 Å². The predicted molar refractivity (Wildman–Crippen MR) is 55.5 cm³/mol. The van der Waals surface area contributed by atoms with Crippen molar-refractivity contribution in [2.24, 2.45) is 0 Å². The summed E-state index contributed by atoms with van der Waals surface area (Å²) in [4.78, 5) is 10.8. The molecule has 0 saturated heterocycles. The van der Waals surface area contributed by atoms with Gasteiger partial charge in [-0.25, -0.2) is 4.79 Å². The van der Waals surface area contributed by atoms with Crippen molar-refractivity contribution in [1.29, 1.82) is 0 Å². The molecular weight excluding hydrogens is 253 g/mol. The van der Waals surface area contributed by atoms with E-state index in [-0.39, 0.29) is 0 Å². The molecule has 0 aliphatic heterocycles. The van der Waals surface area contributed by atoms with E-state index in [1.165, 1.54) is 0 Å². The Labute approximate surface area is 101 Å². The van der Waals surface area contributed by atoms with Gasteiger partial charge in [0.25, 0.3) is 0 Å². The molecule has 0 saturated carbocycles. The number of ether oxygens (including phenoxy) is 1. The van der Waals surface area contributed by atoms with Crippen LogP contribution >= 0.6 is 0 Å². The van der Waals surface area contributed by atoms with E-state index in [2.05, 4.69) is 0 Å². The van der Waals surface area contributed by atoms with Crippen molar-refractivity contribution in [3.05, 3.63) is 23.8 Å². The molecule has 0 heterocycles. The lowest BCUT2D eigenvalue weighted by Gasteiger charge is -2.24. The lowest BCUT2D eigenvalue weighted by molar-refractivity contribution is -0.155. The van der Waals surface area contributed by atoms with Crippen LogP contribution in [0.2, 0.25) is 0 Å². The minimum absolute atomic E-state index is 0.479. The zero-order valence-corrected chi connectivity index (χ0v) is 9.58. The lowest BCUT2D eigenvalue weighted by atomic mass is 10.1. The number of carboxylic acid groups (broad SMARTS) is 1. The molecule has 0 spiro atoms. The summed E-state index contributed by atoms with van der Waals surface area (Å²) < 4.78 is 42.8. The van der Waals surface area contributed by atoms with Crippen molar-refractivity contribution >= 4 is 5.97 Å². The second kappa shape index (κ2) is 4.40. The van der Waals surface area contributed by atoms with Gasteiger partial charge in [0, 0.05) is 0 Å². The fourth-order valence-corrected chi connectivity index (χ4v) is 1.15. The van der Waals surface area contributed by atoms with E-state index in [9.17, 15) is 18.0 Å². The molecular formula is C11H11F3O4. The maximum atomic E-state index is 12.7. The summed E-state index contributed by atoms with van der Waals surface area (Å²) in [6.45, 7) is 2.25. The molecule has 18 heavy (non-hydrogen) atoms. The van der Waals surface area contributed by atoms with E-state index >= 15 is 0 Å². The van der Waals surface area contributed by atoms with Crippen LogP contribution in [0.15, 0.2) is 18.2 Å². The van der Waals surface area contributed by atoms with Crippen molar-refractivity contribution in [3.8, 4) is 11.5 Å². The van der Waals surface area contributed by atoms with Crippen molar-refractivity contribution in [1.82, 2.24) is 0 Å². The third-order valence-electron chi connectivity index (χ3n) is 2.15. The van der Waals surface area contributed by atoms with Gasteiger partial charge in [0.1, 0.15) is 17.1 Å². The molecule has 0 aliphatic rings. The summed E-state index contributed by atoms with van der Waals surface area (Å²) in [6, 6.07) is 2.35. The largest absolute Gasteiger partial charge is 0.508 e. The summed E-state index contributed by atoms with van der Waals surface area (Å²) in [7, 11) is 0. The molecule has 0 radical (unpaired) electrons. The highest BCUT2D eigenvalue weighted by Crippen LogP contribution is 2.39. The summed E-state index contributed by atoms with van der Waals surface area (Å²) in [6.07, 6.45) is -4.75. The summed E-state index contributed by atoms with van der Waals surface area (Å²) in [5.74, 6) is -2.63. The number of halogens is 3. The Hall–Kier alpha value is -1.92. The summed E-state index contributed by atoms with van der Waals surface area (Å²) >= 11 is 0. The molecule has 7 heteroatoms. The Kier molecular flexibility index (Phi) is 3.45. The topological polar surface area (TPSA) is 66.8 Å². The smallest absolute Gasteiger partial charge is 0.420 e. The van der Waals surface area contributed by atoms with E-state index in [1.807, 2.05) is 0 Å². The Bertz CT molecular complexity index is 466. The van der Waals surface area contributed by atoms with Crippen molar-refractivity contribution in [3.63, 3.8) is 0 Å². The lowest BCUT2D eigenvalue weighted by Crippen LogP contribution is -2.38. The quantitative estimate of drug-likeness (QED) is 0.880. The number of hydrogen-bond donors (Lipinski definition) is 2. The average Bonchev–Trinajstić information content (AvgIpc) is 2.18. The standard InChI is InChI=1S/C11H11F3O4/c1-10(2,9(16)17)18-8-4-3-6(15)5-7(8)11(12,13)14/h3-5,15H,1-2H3,(H,16,17). The zero-order valence-electron chi connectivity index (χ0n) is 9.58. The van der Waals surface area contributed by atoms with E-state index in [0.717, 1.165) is 26.0 Å². The average molecular weight is 264 g/mol. The van der Waals surface area contributed by atoms with Crippen LogP contribution in [-0.2, 0) is 11.0 Å². The third-order valence-corrected chi connectivity index (χ3v) is 2.15. The Morgan fingerprint density at radius 3 is 2.28 bits per heavy atom. The van der Waals surface area contributed by atoms with Crippen LogP contribution in [0.3, 0.4) is 0 Å². The van der Waals surface area contributed by atoms with Crippen LogP contribution in [0, 0.1) is 0 Å². The van der Waals surface area contributed by atoms with E-state index in [1.54, 1.807) is 0 Å². The number of alkyl halides is 3. The third kappa shape index (κ3) is 3.06. The molecule has 0 amide bonds. The van der Waals surface area contributed by atoms with Gasteiger partial charge in [0.2, 0.25) is 0 Å². The first kappa shape index (κ1) is 14.1. The van der Waals surface area contributed by atoms with Crippen LogP contribution < -0.4 is 4.74 Å². The highest BCUT2D eigenvalue weighted by Gasteiger charge is 2.38. The van der Waals surface area contributed by atoms with Gasteiger partial charge in [-0.3, -0.25) is 0 Å². The SMILES string of the molecule is CC(C)(Oc1ccc(O)cc1C(F)(F)F)C(=O)O. The second-order valence-corrected chi connectivity index (χ2v) is 4.10. The Morgan fingerprint density at radius 1 is 1.28 bits per heavy atom. The number of carboxylic acids is 1. The number of rotatable bonds is 3. The van der Waals surface area contributed by atoms with Crippen LogP contribution in [0.25, 0.3) is 0 Å². The van der Waals surface area contributed by atoms with Gasteiger partial charge in [0.15, 0.2) is 5.60 Å². The summed E-state index contributed by atoms with van der Waals surface area (Å²) in [5.41, 5.74) is -3.03. The molecule has 0 unspecified atom stereocenters. The minimum atomic E-state index is -4.75. The van der Waals surface area contributed by atoms with Crippen molar-refractivity contribution in [2.75, 3.05) is 0 Å². The number of benzene rings is 1. The van der Waals surface area contributed by atoms with Gasteiger partial charge in [-0.1, -0.05) is 0 Å². The van der Waals surface area contributed by atoms with Gasteiger partial charge >= 0.3 is 12.1 Å². The van der Waals surface area contributed by atoms with Crippen molar-refractivity contribution in [2.45, 2.75) is 25.6 Å². The molecule has 0 aromatic heterocycles. The number of phenolic OH excluding ortho intramolecular Hbond substituents is 1. The Balaban J connectivity index is 3.22. The Morgan fingerprint density at radius 2 is 1.83 bits per heavy atom. The van der Waals surface area contributed by atoms with Crippen LogP contribution in [0.4, 0.5) is 13.2 Å². The molecule has 0 bridgehead atoms. The van der Waals surface area contributed by atoms with Crippen molar-refractivity contribution < 1.29 is 32.9 Å². The van der Waals surface area contributed by atoms with E-state index < -0.39 is 34.8 Å². The maximum absolute atomic E-state index is 12.7. The molecule has 100 valence electrons. The molecule has 1 rings (SSSR count). The number of carbonyl (C=O) groups is 1. The second-order valence-electron chi connectivity index (χ2n) is 4.10. The fourth-order valence-electron chi connectivity index (χ4n) is 1.15. The monoisotopic (exact) mass is 264 g/mol. The maximum Gasteiger partial charge on any atom is 0.420 e. The molecule has 1 aromatic carbocycles. The number of aromatic hydroxyl groups is 1. The molecule has 0 aliphatic carbocycles. The number of hydrogen-bond acceptors (Lipinski definition) is 3. The number of phenols is 1. The van der Waals surface area contributed by atoms with E-state index in [4.69, 9.17) is 14.9 Å². The van der Waals surface area contributed by atoms with Gasteiger partial charge in [-0.2, -0.15) is 13.2 Å². The zero-order chi connectivity index (χ0) is 14.1. The first-order valence-corrected chi connectivity index (χ1v) is 4.86. The summed E-state index contributed by atoms with van der Waals surface area (Å²) in [5, 5.41) is 17.8. The van der Waals surface area contributed by atoms with Crippen LogP contribution in [0.5, 0.6) is 11.5 Å². The first-order chi connectivity index (χ1) is 8.04. The highest BCUT2D eigenvalue weighted by atomic mass is 19.4. The van der Waals surface area contributed by atoms with E-state index in [0.29, 0.717) is 6.07 Å². The van der Waals surface area contributed by atoms with Gasteiger partial charge in [0.05, 0.1) is 0 Å². The molecule has 2 N–H and O–H groups in total. The first-order valence-electron chi connectivity index (χ1n) is 4.86. The molecule has 0 atom stereocenters. The number of aliphatic carboxylic acids is 1. The predicted octanol–water partition coefficient (Wildman–Crippen LogP) is 2.65. The van der Waals surface area contributed by atoms with Gasteiger partial charge < -0.3 is 14.9 Å².